The van der Waals surface area contributed by atoms with Crippen molar-refractivity contribution < 1.29 is 42.9 Å². The number of thioether (sulfide) groups is 1. The molecule has 3 atom stereocenters. The van der Waals surface area contributed by atoms with Crippen molar-refractivity contribution in [3.8, 4) is 0 Å². The van der Waals surface area contributed by atoms with Crippen LogP contribution >= 0.6 is 23.1 Å². The molecule has 0 saturated carbocycles. The van der Waals surface area contributed by atoms with Gasteiger partial charge >= 0.3 is 11.9 Å². The van der Waals surface area contributed by atoms with Crippen LogP contribution in [0.4, 0.5) is 5.13 Å². The minimum Gasteiger partial charge on any atom is -0.477 e. The Morgan fingerprint density at radius 3 is 2.67 bits per heavy atom. The van der Waals surface area contributed by atoms with Gasteiger partial charge in [-0.3, -0.25) is 19.3 Å². The number of nitrogen functional groups attached to an aromatic ring is 1. The number of carbonyl (C=O) groups is 4. The van der Waals surface area contributed by atoms with Gasteiger partial charge in [-0.15, -0.1) is 23.1 Å². The van der Waals surface area contributed by atoms with Crippen LogP contribution in [0.5, 0.6) is 0 Å². The number of quaternary nitrogens is 1. The lowest BCUT2D eigenvalue weighted by atomic mass is 9.82. The molecule has 7 rings (SSSR count). The van der Waals surface area contributed by atoms with Gasteiger partial charge in [-0.05, 0) is 26.8 Å². The van der Waals surface area contributed by atoms with Crippen LogP contribution in [0.25, 0.3) is 0 Å². The maximum atomic E-state index is 13.3. The van der Waals surface area contributed by atoms with Gasteiger partial charge in [0.25, 0.3) is 11.8 Å². The van der Waals surface area contributed by atoms with Gasteiger partial charge in [0.2, 0.25) is 0 Å². The number of nitrogens with one attached hydrogen (secondary N) is 1. The number of amides is 2. The summed E-state index contributed by atoms with van der Waals surface area (Å²) >= 11 is 2.53. The predicted octanol–water partition coefficient (Wildman–Crippen LogP) is 1.50. The van der Waals surface area contributed by atoms with Crippen LogP contribution in [0.3, 0.4) is 0 Å². The van der Waals surface area contributed by atoms with Crippen molar-refractivity contribution in [2.75, 3.05) is 38.2 Å². The van der Waals surface area contributed by atoms with E-state index in [1.807, 2.05) is 43.8 Å². The van der Waals surface area contributed by atoms with Crippen molar-refractivity contribution in [2.24, 2.45) is 16.5 Å². The number of piperidine rings is 3. The molecule has 256 valence electrons. The van der Waals surface area contributed by atoms with Gasteiger partial charge in [-0.1, -0.05) is 5.16 Å². The molecule has 4 fully saturated rings. The lowest BCUT2D eigenvalue weighted by Crippen LogP contribution is -2.71. The summed E-state index contributed by atoms with van der Waals surface area (Å²) in [6, 6.07) is 3.09. The quantitative estimate of drug-likeness (QED) is 0.0823. The van der Waals surface area contributed by atoms with Crippen molar-refractivity contribution in [2.45, 2.75) is 64.2 Å². The first-order valence-electron chi connectivity index (χ1n) is 15.9. The number of carbonyl (C=O) groups excluding carboxylic acids is 3. The third kappa shape index (κ3) is 6.65. The molecule has 0 radical (unpaired) electrons. The summed E-state index contributed by atoms with van der Waals surface area (Å²) in [4.78, 5) is 61.8. The Morgan fingerprint density at radius 1 is 1.27 bits per heavy atom. The number of hydrogen-bond donors (Lipinski definition) is 3. The molecule has 5 aliphatic rings. The normalized spacial score (nSPS) is 26.9. The number of anilines is 1. The number of β-lactam (4-membered cyclic amide) rings is 1. The van der Waals surface area contributed by atoms with Crippen molar-refractivity contribution in [3.63, 3.8) is 0 Å². The third-order valence-electron chi connectivity index (χ3n) is 9.42. The Hall–Kier alpha value is -4.02. The molecule has 2 aromatic heterocycles. The van der Waals surface area contributed by atoms with Gasteiger partial charge in [0.15, 0.2) is 35.9 Å². The number of ether oxygens (including phenoxy) is 1. The molecule has 2 bridgehead atoms. The van der Waals surface area contributed by atoms with E-state index in [4.69, 9.17) is 15.3 Å². The van der Waals surface area contributed by atoms with Gasteiger partial charge in [0.1, 0.15) is 43.0 Å². The van der Waals surface area contributed by atoms with E-state index in [9.17, 15) is 24.3 Å². The number of pyridine rings is 1. The van der Waals surface area contributed by atoms with E-state index < -0.39 is 34.6 Å². The van der Waals surface area contributed by atoms with E-state index in [1.165, 1.54) is 23.8 Å². The Kier molecular flexibility index (Phi) is 9.26. The summed E-state index contributed by atoms with van der Waals surface area (Å²) in [6.07, 6.45) is 5.89. The van der Waals surface area contributed by atoms with Crippen LogP contribution in [0.1, 0.15) is 44.9 Å². The Labute approximate surface area is 286 Å². The third-order valence-corrected chi connectivity index (χ3v) is 11.4. The highest BCUT2D eigenvalue weighted by Gasteiger charge is 2.55. The molecule has 7 heterocycles. The van der Waals surface area contributed by atoms with Crippen LogP contribution in [-0.2, 0) is 41.8 Å². The summed E-state index contributed by atoms with van der Waals surface area (Å²) in [5.74, 6) is -1.79. The van der Waals surface area contributed by atoms with Crippen molar-refractivity contribution in [1.29, 1.82) is 0 Å². The maximum absolute atomic E-state index is 13.3. The number of esters is 1. The molecule has 16 heteroatoms. The molecule has 0 aliphatic carbocycles. The number of aliphatic carboxylic acids is 1. The lowest BCUT2D eigenvalue weighted by molar-refractivity contribution is -0.958. The minimum atomic E-state index is -1.20. The summed E-state index contributed by atoms with van der Waals surface area (Å²) < 4.78 is 8.83. The van der Waals surface area contributed by atoms with E-state index in [0.29, 0.717) is 23.8 Å². The number of hydrogen-bond acceptors (Lipinski definition) is 11. The van der Waals surface area contributed by atoms with Crippen LogP contribution in [0.2, 0.25) is 0 Å². The van der Waals surface area contributed by atoms with E-state index in [2.05, 4.69) is 21.5 Å². The average Bonchev–Trinajstić information content (AvgIpc) is 3.47. The molecule has 2 aromatic rings. The highest BCUT2D eigenvalue weighted by atomic mass is 32.2. The van der Waals surface area contributed by atoms with Crippen molar-refractivity contribution in [1.82, 2.24) is 15.2 Å². The number of oxime groups is 1. The van der Waals surface area contributed by atoms with Gasteiger partial charge in [0.05, 0.1) is 24.1 Å². The monoisotopic (exact) mass is 699 g/mol. The molecular formula is C32H41N7O7S2+2. The van der Waals surface area contributed by atoms with Gasteiger partial charge < -0.3 is 30.2 Å². The first-order valence-corrected chi connectivity index (χ1v) is 17.8. The van der Waals surface area contributed by atoms with E-state index in [-0.39, 0.29) is 34.3 Å². The fraction of sp³-hybridized carbons (Fsp3) is 0.531. The highest BCUT2D eigenvalue weighted by molar-refractivity contribution is 8.00. The highest BCUT2D eigenvalue weighted by Crippen LogP contribution is 2.41. The zero-order valence-electron chi connectivity index (χ0n) is 27.4. The Bertz CT molecular complexity index is 1690. The van der Waals surface area contributed by atoms with Gasteiger partial charge in [0, 0.05) is 41.5 Å². The summed E-state index contributed by atoms with van der Waals surface area (Å²) in [5, 5.41) is 17.9. The van der Waals surface area contributed by atoms with E-state index in [0.717, 1.165) is 60.4 Å². The summed E-state index contributed by atoms with van der Waals surface area (Å²) in [5.41, 5.74) is 6.88. The second-order valence-corrected chi connectivity index (χ2v) is 15.9. The molecule has 4 saturated heterocycles. The number of fused-ring (bicyclic) bond motifs is 4. The van der Waals surface area contributed by atoms with Crippen LogP contribution in [0, 0.1) is 11.3 Å². The summed E-state index contributed by atoms with van der Waals surface area (Å²) in [6.45, 7) is 9.56. The first-order chi connectivity index (χ1) is 22.8. The predicted molar refractivity (Wildman–Crippen MR) is 177 cm³/mol. The topological polar surface area (TPSA) is 177 Å². The number of aromatic nitrogens is 2. The smallest absolute Gasteiger partial charge is 0.352 e. The zero-order valence-corrected chi connectivity index (χ0v) is 29.0. The van der Waals surface area contributed by atoms with E-state index >= 15 is 0 Å². The molecule has 14 nitrogen and oxygen atoms in total. The maximum Gasteiger partial charge on any atom is 0.352 e. The lowest BCUT2D eigenvalue weighted by Gasteiger charge is -2.52. The molecule has 48 heavy (non-hydrogen) atoms. The zero-order chi connectivity index (χ0) is 34.4. The minimum absolute atomic E-state index is 0.0614. The Morgan fingerprint density at radius 2 is 2.02 bits per heavy atom. The van der Waals surface area contributed by atoms with Crippen LogP contribution < -0.4 is 15.6 Å². The number of nitrogens with two attached hydrogens (primary N) is 1. The fourth-order valence-corrected chi connectivity index (χ4v) is 8.86. The Balaban J connectivity index is 1.14. The standard InChI is InChI=1S/C32H39N7O7S2/c1-32(2,3)30(44)46-22-15-39(10-7-19(22)8-11-39)14-18-6-5-9-37(12-18)13-20-16-47-28-24(27(41)38(28)25(20)29(42)43)35-26(40)23(36-45-4)21-17-48-31(33)34-21/h5-6,9,12,17,19,22,24,28H,7-8,10-11,13-16H2,1-4H3,(H2-2,33,34,35,40,42,43)/p+2/b36-23-/t19?,22?,24-,28-,39?/m1/s1. The summed E-state index contributed by atoms with van der Waals surface area (Å²) in [7, 11) is 1.29. The molecule has 0 spiro atoms. The SMILES string of the molecule is CO/N=C(\C(=O)N[C@@H]1C(=O)N2C(C(=O)O)=C(C[n+]3cccc(C[N+]45CCC(CC4)C(OC(=O)C(C)(C)C)C5)c3)CS[C@H]12)c1csc(N)n1. The average molecular weight is 700 g/mol. The second kappa shape index (κ2) is 13.1. The van der Waals surface area contributed by atoms with E-state index in [1.54, 1.807) is 5.38 Å². The largest absolute Gasteiger partial charge is 0.477 e. The number of rotatable bonds is 10. The van der Waals surface area contributed by atoms with Crippen molar-refractivity contribution in [3.05, 3.63) is 52.4 Å². The number of carboxylic acids is 1. The molecule has 5 aliphatic heterocycles. The number of thiazole rings is 1. The molecule has 0 aromatic carbocycles. The molecule has 1 unspecified atom stereocenters. The fourth-order valence-electron chi connectivity index (χ4n) is 6.97. The van der Waals surface area contributed by atoms with Crippen LogP contribution in [0.15, 0.2) is 46.3 Å². The molecule has 2 amide bonds. The number of carboxylic acid groups (broad SMARTS) is 1. The molecular weight excluding hydrogens is 659 g/mol. The molecule has 4 N–H and O–H groups in total. The van der Waals surface area contributed by atoms with Gasteiger partial charge in [-0.25, -0.2) is 14.3 Å². The second-order valence-electron chi connectivity index (χ2n) is 13.9. The first kappa shape index (κ1) is 33.9. The van der Waals surface area contributed by atoms with Gasteiger partial charge in [-0.2, -0.15) is 0 Å². The number of nitrogens with zero attached hydrogens (tertiary/aromatic N) is 5. The van der Waals surface area contributed by atoms with Crippen LogP contribution in [-0.4, -0.2) is 99.0 Å². The van der Waals surface area contributed by atoms with Crippen molar-refractivity contribution >= 4 is 57.7 Å².